The molecule has 3 rings (SSSR count). The largest absolute Gasteiger partial charge is 0.379 e. The van der Waals surface area contributed by atoms with Crippen LogP contribution in [-0.4, -0.2) is 76.1 Å². The smallest absolute Gasteiger partial charge is 0.255 e. The molecule has 0 saturated carbocycles. The number of nitrogens with one attached hydrogen (secondary N) is 1. The molecule has 2 aliphatic heterocycles. The monoisotopic (exact) mass is 457 g/mol. The van der Waals surface area contributed by atoms with Gasteiger partial charge in [0.05, 0.1) is 28.7 Å². The predicted molar refractivity (Wildman–Crippen MR) is 117 cm³/mol. The maximum Gasteiger partial charge on any atom is 0.255 e. The predicted octanol–water partition coefficient (Wildman–Crippen LogP) is 2.60. The molecular formula is C21H32ClN3O4S. The van der Waals surface area contributed by atoms with E-state index in [1.165, 1.54) is 18.2 Å². The molecule has 7 nitrogen and oxygen atoms in total. The van der Waals surface area contributed by atoms with Crippen molar-refractivity contribution >= 4 is 27.5 Å². The summed E-state index contributed by atoms with van der Waals surface area (Å²) in [4.78, 5) is 17.3. The van der Waals surface area contributed by atoms with Crippen molar-refractivity contribution in [3.05, 3.63) is 28.8 Å². The first-order valence-corrected chi connectivity index (χ1v) is 12.5. The molecule has 0 aliphatic carbocycles. The van der Waals surface area contributed by atoms with Gasteiger partial charge in [-0.05, 0) is 63.8 Å². The summed E-state index contributed by atoms with van der Waals surface area (Å²) in [6, 6.07) is 4.07. The van der Waals surface area contributed by atoms with Crippen LogP contribution in [0, 0.1) is 5.92 Å². The van der Waals surface area contributed by atoms with Crippen molar-refractivity contribution in [1.29, 1.82) is 0 Å². The standard InChI is InChI=1S/C21H32ClN3O4S/c1-16(2)23-30(27,28)18-3-4-20(22)19(15-18)21(26)25-9-6-17(7-10-25)5-8-24-11-13-29-14-12-24/h3-4,15-17,23H,5-14H2,1-2H3. The lowest BCUT2D eigenvalue weighted by molar-refractivity contribution is 0.0332. The first-order chi connectivity index (χ1) is 14.3. The van der Waals surface area contributed by atoms with Gasteiger partial charge in [0.1, 0.15) is 0 Å². The molecule has 0 aromatic heterocycles. The summed E-state index contributed by atoms with van der Waals surface area (Å²) in [7, 11) is -3.68. The van der Waals surface area contributed by atoms with Gasteiger partial charge in [-0.1, -0.05) is 11.6 Å². The maximum atomic E-state index is 13.0. The van der Waals surface area contributed by atoms with Crippen molar-refractivity contribution in [2.45, 2.75) is 44.0 Å². The fraction of sp³-hybridized carbons (Fsp3) is 0.667. The van der Waals surface area contributed by atoms with Crippen LogP contribution in [0.3, 0.4) is 0 Å². The number of benzene rings is 1. The zero-order valence-electron chi connectivity index (χ0n) is 17.8. The van der Waals surface area contributed by atoms with Crippen molar-refractivity contribution in [1.82, 2.24) is 14.5 Å². The Hall–Kier alpha value is -1.19. The third kappa shape index (κ3) is 6.17. The van der Waals surface area contributed by atoms with Gasteiger partial charge in [-0.3, -0.25) is 9.69 Å². The second-order valence-corrected chi connectivity index (χ2v) is 10.5. The highest BCUT2D eigenvalue weighted by molar-refractivity contribution is 7.89. The molecule has 0 bridgehead atoms. The van der Waals surface area contributed by atoms with Crippen LogP contribution in [-0.2, 0) is 14.8 Å². The summed E-state index contributed by atoms with van der Waals surface area (Å²) in [6.45, 7) is 9.56. The molecule has 0 radical (unpaired) electrons. The zero-order valence-corrected chi connectivity index (χ0v) is 19.3. The number of carbonyl (C=O) groups excluding carboxylic acids is 1. The molecule has 2 fully saturated rings. The van der Waals surface area contributed by atoms with Crippen LogP contribution in [0.2, 0.25) is 5.02 Å². The number of sulfonamides is 1. The Morgan fingerprint density at radius 2 is 1.87 bits per heavy atom. The summed E-state index contributed by atoms with van der Waals surface area (Å²) >= 11 is 6.25. The second-order valence-electron chi connectivity index (χ2n) is 8.40. The third-order valence-corrected chi connectivity index (χ3v) is 7.71. The minimum absolute atomic E-state index is 0.0596. The van der Waals surface area contributed by atoms with Gasteiger partial charge >= 0.3 is 0 Å². The highest BCUT2D eigenvalue weighted by atomic mass is 35.5. The number of halogens is 1. The van der Waals surface area contributed by atoms with E-state index in [0.717, 1.165) is 52.1 Å². The Morgan fingerprint density at radius 3 is 2.50 bits per heavy atom. The number of morpholine rings is 1. The van der Waals surface area contributed by atoms with E-state index in [4.69, 9.17) is 16.3 Å². The molecule has 1 amide bonds. The minimum atomic E-state index is -3.68. The van der Waals surface area contributed by atoms with E-state index in [-0.39, 0.29) is 27.4 Å². The van der Waals surface area contributed by atoms with Gasteiger partial charge in [-0.15, -0.1) is 0 Å². The van der Waals surface area contributed by atoms with Crippen LogP contribution in [0.5, 0.6) is 0 Å². The normalized spacial score (nSPS) is 19.4. The van der Waals surface area contributed by atoms with Gasteiger partial charge in [-0.2, -0.15) is 0 Å². The Labute approximate surface area is 184 Å². The molecule has 1 N–H and O–H groups in total. The fourth-order valence-electron chi connectivity index (χ4n) is 4.00. The maximum absolute atomic E-state index is 13.0. The average Bonchev–Trinajstić information content (AvgIpc) is 2.72. The van der Waals surface area contributed by atoms with Gasteiger partial charge in [-0.25, -0.2) is 13.1 Å². The summed E-state index contributed by atoms with van der Waals surface area (Å²) in [5.74, 6) is 0.405. The summed E-state index contributed by atoms with van der Waals surface area (Å²) in [5, 5.41) is 0.276. The van der Waals surface area contributed by atoms with Gasteiger partial charge in [0, 0.05) is 32.2 Å². The highest BCUT2D eigenvalue weighted by Crippen LogP contribution is 2.26. The molecule has 1 aromatic rings. The van der Waals surface area contributed by atoms with Crippen LogP contribution in [0.15, 0.2) is 23.1 Å². The van der Waals surface area contributed by atoms with E-state index in [9.17, 15) is 13.2 Å². The molecule has 2 aliphatic rings. The van der Waals surface area contributed by atoms with Gasteiger partial charge in [0.25, 0.3) is 5.91 Å². The summed E-state index contributed by atoms with van der Waals surface area (Å²) < 4.78 is 32.9. The van der Waals surface area contributed by atoms with E-state index in [1.54, 1.807) is 18.7 Å². The van der Waals surface area contributed by atoms with E-state index in [2.05, 4.69) is 9.62 Å². The van der Waals surface area contributed by atoms with Crippen LogP contribution in [0.25, 0.3) is 0 Å². The second kappa shape index (κ2) is 10.4. The molecule has 1 aromatic carbocycles. The van der Waals surface area contributed by atoms with Crippen molar-refractivity contribution in [3.8, 4) is 0 Å². The molecule has 30 heavy (non-hydrogen) atoms. The minimum Gasteiger partial charge on any atom is -0.379 e. The Balaban J connectivity index is 1.58. The number of piperidine rings is 1. The summed E-state index contributed by atoms with van der Waals surface area (Å²) in [6.07, 6.45) is 3.05. The lowest BCUT2D eigenvalue weighted by atomic mass is 9.93. The Bertz CT molecular complexity index is 833. The van der Waals surface area contributed by atoms with Crippen molar-refractivity contribution in [3.63, 3.8) is 0 Å². The van der Waals surface area contributed by atoms with E-state index in [1.807, 2.05) is 0 Å². The number of likely N-dealkylation sites (tertiary alicyclic amines) is 1. The van der Waals surface area contributed by atoms with Crippen molar-refractivity contribution in [2.75, 3.05) is 45.9 Å². The number of hydrogen-bond donors (Lipinski definition) is 1. The molecule has 2 heterocycles. The average molecular weight is 458 g/mol. The third-order valence-electron chi connectivity index (χ3n) is 5.73. The van der Waals surface area contributed by atoms with E-state index in [0.29, 0.717) is 19.0 Å². The number of ether oxygens (including phenoxy) is 1. The van der Waals surface area contributed by atoms with E-state index < -0.39 is 10.0 Å². The molecular weight excluding hydrogens is 426 g/mol. The van der Waals surface area contributed by atoms with Crippen molar-refractivity contribution in [2.24, 2.45) is 5.92 Å². The Morgan fingerprint density at radius 1 is 1.20 bits per heavy atom. The van der Waals surface area contributed by atoms with Gasteiger partial charge in [0.2, 0.25) is 10.0 Å². The molecule has 2 saturated heterocycles. The van der Waals surface area contributed by atoms with Crippen LogP contribution in [0.1, 0.15) is 43.5 Å². The summed E-state index contributed by atoms with van der Waals surface area (Å²) in [5.41, 5.74) is 0.245. The SMILES string of the molecule is CC(C)NS(=O)(=O)c1ccc(Cl)c(C(=O)N2CCC(CCN3CCOCC3)CC2)c1. The Kier molecular flexibility index (Phi) is 8.15. The number of amides is 1. The van der Waals surface area contributed by atoms with Crippen LogP contribution >= 0.6 is 11.6 Å². The van der Waals surface area contributed by atoms with Gasteiger partial charge < -0.3 is 9.64 Å². The number of carbonyl (C=O) groups is 1. The number of hydrogen-bond acceptors (Lipinski definition) is 5. The molecule has 9 heteroatoms. The van der Waals surface area contributed by atoms with Crippen LogP contribution in [0.4, 0.5) is 0 Å². The number of nitrogens with zero attached hydrogens (tertiary/aromatic N) is 2. The quantitative estimate of drug-likeness (QED) is 0.680. The van der Waals surface area contributed by atoms with Gasteiger partial charge in [0.15, 0.2) is 0 Å². The first kappa shape index (κ1) is 23.5. The highest BCUT2D eigenvalue weighted by Gasteiger charge is 2.27. The topological polar surface area (TPSA) is 79.0 Å². The van der Waals surface area contributed by atoms with Crippen molar-refractivity contribution < 1.29 is 17.9 Å². The lowest BCUT2D eigenvalue weighted by Crippen LogP contribution is -2.41. The molecule has 0 spiro atoms. The molecule has 168 valence electrons. The lowest BCUT2D eigenvalue weighted by Gasteiger charge is -2.34. The zero-order chi connectivity index (χ0) is 21.7. The molecule has 0 unspecified atom stereocenters. The molecule has 0 atom stereocenters. The fourth-order valence-corrected chi connectivity index (χ4v) is 5.47. The van der Waals surface area contributed by atoms with E-state index >= 15 is 0 Å². The number of rotatable bonds is 7. The van der Waals surface area contributed by atoms with Crippen LogP contribution < -0.4 is 4.72 Å². The first-order valence-electron chi connectivity index (χ1n) is 10.7.